The zero-order chi connectivity index (χ0) is 42.1. The van der Waals surface area contributed by atoms with Gasteiger partial charge in [0.2, 0.25) is 0 Å². The van der Waals surface area contributed by atoms with Crippen molar-refractivity contribution in [2.45, 2.75) is 206 Å². The first-order chi connectivity index (χ1) is 27.6. The number of unbranched alkanes of at least 4 members (excludes halogenated alkanes) is 20. The van der Waals surface area contributed by atoms with E-state index in [1.807, 2.05) is 27.2 Å². The van der Waals surface area contributed by atoms with Crippen molar-refractivity contribution in [1.29, 1.82) is 0 Å². The molecule has 2 atom stereocenters. The summed E-state index contributed by atoms with van der Waals surface area (Å²) in [7, 11) is 5.51. The molecule has 0 aromatic carbocycles. The van der Waals surface area contributed by atoms with Crippen LogP contribution in [-0.4, -0.2) is 80.6 Å². The van der Waals surface area contributed by atoms with Crippen molar-refractivity contribution in [2.24, 2.45) is 0 Å². The van der Waals surface area contributed by atoms with Crippen LogP contribution in [0.2, 0.25) is 0 Å². The Hall–Kier alpha value is -2.71. The van der Waals surface area contributed by atoms with E-state index in [9.17, 15) is 19.5 Å². The van der Waals surface area contributed by atoms with Crippen molar-refractivity contribution in [3.63, 3.8) is 0 Å². The summed E-state index contributed by atoms with van der Waals surface area (Å²) in [5.74, 6) is -1.55. The molecule has 0 radical (unpaired) electrons. The lowest BCUT2D eigenvalue weighted by Crippen LogP contribution is -2.50. The summed E-state index contributed by atoms with van der Waals surface area (Å²) in [6.45, 7) is 4.65. The number of quaternary nitrogens is 1. The third kappa shape index (κ3) is 38.6. The maximum absolute atomic E-state index is 12.7. The number of hydrogen-bond donors (Lipinski definition) is 1. The fraction of sp³-hybridized carbons (Fsp3) is 0.776. The van der Waals surface area contributed by atoms with Crippen molar-refractivity contribution >= 4 is 17.9 Å². The van der Waals surface area contributed by atoms with Crippen LogP contribution in [-0.2, 0) is 28.6 Å². The van der Waals surface area contributed by atoms with Crippen molar-refractivity contribution in [1.82, 2.24) is 0 Å². The van der Waals surface area contributed by atoms with Crippen LogP contribution in [0.3, 0.4) is 0 Å². The average Bonchev–Trinajstić information content (AvgIpc) is 3.17. The van der Waals surface area contributed by atoms with Gasteiger partial charge in [0.1, 0.15) is 6.61 Å². The second kappa shape index (κ2) is 40.1. The van der Waals surface area contributed by atoms with Gasteiger partial charge in [0, 0.05) is 19.3 Å². The number of nitrogens with zero attached hydrogens (tertiary/aromatic N) is 1. The van der Waals surface area contributed by atoms with Crippen LogP contribution in [0, 0.1) is 0 Å². The Morgan fingerprint density at radius 2 is 1.02 bits per heavy atom. The van der Waals surface area contributed by atoms with E-state index in [0.717, 1.165) is 32.1 Å². The Bertz CT molecular complexity index is 1070. The molecule has 0 saturated carbocycles. The third-order valence-electron chi connectivity index (χ3n) is 10.2. The Morgan fingerprint density at radius 1 is 0.544 bits per heavy atom. The highest BCUT2D eigenvalue weighted by molar-refractivity contribution is 5.72. The first-order valence-corrected chi connectivity index (χ1v) is 23.2. The van der Waals surface area contributed by atoms with E-state index in [4.69, 9.17) is 14.2 Å². The maximum Gasteiger partial charge on any atom is 0.362 e. The number of aliphatic carboxylic acids is 1. The van der Waals surface area contributed by atoms with Gasteiger partial charge in [-0.05, 0) is 57.8 Å². The highest BCUT2D eigenvalue weighted by Gasteiger charge is 2.31. The molecule has 8 nitrogen and oxygen atoms in total. The minimum Gasteiger partial charge on any atom is -0.477 e. The zero-order valence-corrected chi connectivity index (χ0v) is 37.5. The summed E-state index contributed by atoms with van der Waals surface area (Å²) in [5.41, 5.74) is 0. The van der Waals surface area contributed by atoms with Crippen LogP contribution in [0.25, 0.3) is 0 Å². The van der Waals surface area contributed by atoms with Crippen LogP contribution < -0.4 is 0 Å². The smallest absolute Gasteiger partial charge is 0.362 e. The molecule has 0 aromatic heterocycles. The standard InChI is InChI=1S/C49H87NO7/c1-6-8-10-12-14-16-18-20-21-22-23-24-25-26-28-30-32-34-36-38-40-48(52)57-45(43-55-42-41-46(49(53)54)50(3,4)5)44-56-47(51)39-37-35-33-31-29-27-19-17-15-13-11-9-7-2/h16,18,20-21,27,29,33,35,45-46H,6-15,17,19,22-26,28,30-32,34,36-44H2,1-5H3/p+1/b18-16+,21-20+,29-27+,35-33+. The van der Waals surface area contributed by atoms with Gasteiger partial charge < -0.3 is 23.8 Å². The molecule has 0 aromatic rings. The molecule has 2 unspecified atom stereocenters. The average molecular weight is 803 g/mol. The Labute approximate surface area is 350 Å². The SMILES string of the molecule is CCCCCC/C=C/C=C/CCCCCCCCCCCCC(=O)OC(COCCC(C(=O)O)[N+](C)(C)C)COC(=O)CC/C=C/C/C=C/CCCCCCCC. The van der Waals surface area contributed by atoms with Crippen LogP contribution in [0.5, 0.6) is 0 Å². The van der Waals surface area contributed by atoms with E-state index in [0.29, 0.717) is 19.3 Å². The number of likely N-dealkylation sites (N-methyl/N-ethyl adjacent to an activating group) is 1. The summed E-state index contributed by atoms with van der Waals surface area (Å²) in [5, 5.41) is 9.62. The van der Waals surface area contributed by atoms with Gasteiger partial charge in [0.25, 0.3) is 0 Å². The van der Waals surface area contributed by atoms with Crippen molar-refractivity contribution in [2.75, 3.05) is 41.0 Å². The van der Waals surface area contributed by atoms with Gasteiger partial charge in [-0.1, -0.05) is 165 Å². The summed E-state index contributed by atoms with van der Waals surface area (Å²) >= 11 is 0. The minimum atomic E-state index is -0.882. The molecular formula is C49H88NO7+. The number of carbonyl (C=O) groups is 3. The molecule has 0 heterocycles. The minimum absolute atomic E-state index is 0.0424. The molecule has 0 amide bonds. The highest BCUT2D eigenvalue weighted by atomic mass is 16.6. The van der Waals surface area contributed by atoms with Gasteiger partial charge in [-0.2, -0.15) is 0 Å². The van der Waals surface area contributed by atoms with E-state index in [-0.39, 0.29) is 42.7 Å². The monoisotopic (exact) mass is 803 g/mol. The van der Waals surface area contributed by atoms with Gasteiger partial charge in [0.15, 0.2) is 12.1 Å². The van der Waals surface area contributed by atoms with Gasteiger partial charge in [-0.25, -0.2) is 4.79 Å². The molecule has 0 aliphatic carbocycles. The molecule has 57 heavy (non-hydrogen) atoms. The predicted molar refractivity (Wildman–Crippen MR) is 238 cm³/mol. The van der Waals surface area contributed by atoms with Gasteiger partial charge in [-0.3, -0.25) is 9.59 Å². The third-order valence-corrected chi connectivity index (χ3v) is 10.2. The van der Waals surface area contributed by atoms with Crippen LogP contribution >= 0.6 is 0 Å². The molecule has 0 fully saturated rings. The fourth-order valence-corrected chi connectivity index (χ4v) is 6.61. The number of hydrogen-bond acceptors (Lipinski definition) is 6. The molecule has 1 N–H and O–H groups in total. The lowest BCUT2D eigenvalue weighted by atomic mass is 10.1. The topological polar surface area (TPSA) is 99.1 Å². The molecule has 0 aliphatic rings. The molecule has 0 rings (SSSR count). The summed E-state index contributed by atoms with van der Waals surface area (Å²) in [4.78, 5) is 37.0. The lowest BCUT2D eigenvalue weighted by molar-refractivity contribution is -0.887. The number of rotatable bonds is 41. The van der Waals surface area contributed by atoms with Crippen molar-refractivity contribution in [3.8, 4) is 0 Å². The largest absolute Gasteiger partial charge is 0.477 e. The van der Waals surface area contributed by atoms with E-state index in [2.05, 4.69) is 56.4 Å². The number of esters is 2. The van der Waals surface area contributed by atoms with Crippen LogP contribution in [0.4, 0.5) is 0 Å². The van der Waals surface area contributed by atoms with Crippen molar-refractivity contribution < 1.29 is 38.2 Å². The maximum atomic E-state index is 12.7. The quantitative estimate of drug-likeness (QED) is 0.0216. The van der Waals surface area contributed by atoms with Gasteiger partial charge in [-0.15, -0.1) is 0 Å². The Kier molecular flexibility index (Phi) is 38.2. The number of allylic oxidation sites excluding steroid dienone is 8. The number of carboxylic acid groups (broad SMARTS) is 1. The van der Waals surface area contributed by atoms with Crippen LogP contribution in [0.1, 0.15) is 194 Å². The Morgan fingerprint density at radius 3 is 1.54 bits per heavy atom. The number of carbonyl (C=O) groups excluding carboxylic acids is 2. The highest BCUT2D eigenvalue weighted by Crippen LogP contribution is 2.14. The Balaban J connectivity index is 4.35. The van der Waals surface area contributed by atoms with Crippen LogP contribution in [0.15, 0.2) is 48.6 Å². The normalized spacial score (nSPS) is 13.4. The molecule has 0 bridgehead atoms. The molecule has 0 spiro atoms. The molecular weight excluding hydrogens is 715 g/mol. The summed E-state index contributed by atoms with van der Waals surface area (Å²) < 4.78 is 17.2. The fourth-order valence-electron chi connectivity index (χ4n) is 6.61. The second-order valence-corrected chi connectivity index (χ2v) is 16.7. The molecule has 330 valence electrons. The van der Waals surface area contributed by atoms with Gasteiger partial charge >= 0.3 is 17.9 Å². The van der Waals surface area contributed by atoms with Crippen molar-refractivity contribution in [3.05, 3.63) is 48.6 Å². The molecule has 0 saturated heterocycles. The van der Waals surface area contributed by atoms with E-state index in [1.54, 1.807) is 0 Å². The van der Waals surface area contributed by atoms with Gasteiger partial charge in [0.05, 0.1) is 34.4 Å². The second-order valence-electron chi connectivity index (χ2n) is 16.7. The van der Waals surface area contributed by atoms with E-state index < -0.39 is 18.1 Å². The number of ether oxygens (including phenoxy) is 3. The summed E-state index contributed by atoms with van der Waals surface area (Å²) in [6, 6.07) is -0.623. The predicted octanol–water partition coefficient (Wildman–Crippen LogP) is 12.8. The van der Waals surface area contributed by atoms with E-state index in [1.165, 1.54) is 122 Å². The zero-order valence-electron chi connectivity index (χ0n) is 37.5. The summed E-state index contributed by atoms with van der Waals surface area (Å²) in [6.07, 6.45) is 47.4. The van der Waals surface area contributed by atoms with E-state index >= 15 is 0 Å². The molecule has 8 heteroatoms. The lowest BCUT2D eigenvalue weighted by Gasteiger charge is -2.31. The number of carboxylic acids is 1. The first-order valence-electron chi connectivity index (χ1n) is 23.2. The molecule has 0 aliphatic heterocycles. The first kappa shape index (κ1) is 54.3.